The van der Waals surface area contributed by atoms with Crippen LogP contribution >= 0.6 is 0 Å². The summed E-state index contributed by atoms with van der Waals surface area (Å²) in [5, 5.41) is 0. The van der Waals surface area contributed by atoms with Crippen LogP contribution in [0.5, 0.6) is 5.75 Å². The number of fused-ring (bicyclic) bond motifs is 3. The van der Waals surface area contributed by atoms with Gasteiger partial charge in [0.15, 0.2) is 17.4 Å². The number of hydrogen-bond acceptors (Lipinski definition) is 1. The smallest absolute Gasteiger partial charge is 0.191 e. The summed E-state index contributed by atoms with van der Waals surface area (Å²) in [5.41, 5.74) is 2.07. The standard InChI is InChI=1S/C26H38F2O/c1-4-9-25-10-13-26(14-11-25,15-12-25)21-7-5-19(6-8-21)20-16-22(27)24(23(28)17-20)29-18(2)3/h16-19,21H,4-15H2,1-3H3. The second-order valence-corrected chi connectivity index (χ2v) is 10.6. The van der Waals surface area contributed by atoms with Crippen molar-refractivity contribution in [2.45, 2.75) is 110 Å². The van der Waals surface area contributed by atoms with Gasteiger partial charge in [0.05, 0.1) is 6.10 Å². The Morgan fingerprint density at radius 1 is 0.931 bits per heavy atom. The zero-order valence-corrected chi connectivity index (χ0v) is 18.5. The number of rotatable bonds is 6. The lowest BCUT2D eigenvalue weighted by atomic mass is 9.47. The molecule has 4 aliphatic rings. The van der Waals surface area contributed by atoms with Crippen molar-refractivity contribution in [1.29, 1.82) is 0 Å². The lowest BCUT2D eigenvalue weighted by Crippen LogP contribution is -2.46. The van der Waals surface area contributed by atoms with Crippen molar-refractivity contribution in [1.82, 2.24) is 0 Å². The minimum absolute atomic E-state index is 0.226. The summed E-state index contributed by atoms with van der Waals surface area (Å²) in [6.45, 7) is 5.91. The Morgan fingerprint density at radius 2 is 1.48 bits per heavy atom. The summed E-state index contributed by atoms with van der Waals surface area (Å²) < 4.78 is 34.2. The summed E-state index contributed by atoms with van der Waals surface area (Å²) in [6.07, 6.45) is 15.7. The third kappa shape index (κ3) is 4.08. The van der Waals surface area contributed by atoms with E-state index in [4.69, 9.17) is 4.74 Å². The minimum atomic E-state index is -0.554. The quantitative estimate of drug-likeness (QED) is 0.464. The van der Waals surface area contributed by atoms with Gasteiger partial charge in [0.2, 0.25) is 0 Å². The molecule has 0 spiro atoms. The van der Waals surface area contributed by atoms with Gasteiger partial charge >= 0.3 is 0 Å². The molecule has 3 heteroatoms. The van der Waals surface area contributed by atoms with E-state index in [-0.39, 0.29) is 17.8 Å². The first-order valence-corrected chi connectivity index (χ1v) is 12.0. The Balaban J connectivity index is 1.39. The van der Waals surface area contributed by atoms with E-state index >= 15 is 0 Å². The molecule has 0 aliphatic heterocycles. The van der Waals surface area contributed by atoms with Gasteiger partial charge in [-0.1, -0.05) is 13.3 Å². The molecule has 0 atom stereocenters. The Hall–Kier alpha value is -1.12. The lowest BCUT2D eigenvalue weighted by molar-refractivity contribution is -0.0624. The molecular formula is C26H38F2O. The highest BCUT2D eigenvalue weighted by Gasteiger charge is 2.51. The first-order chi connectivity index (χ1) is 13.9. The molecule has 162 valence electrons. The van der Waals surface area contributed by atoms with E-state index in [0.717, 1.165) is 24.3 Å². The van der Waals surface area contributed by atoms with Crippen LogP contribution in [-0.2, 0) is 0 Å². The van der Waals surface area contributed by atoms with E-state index in [1.807, 2.05) is 0 Å². The Kier molecular flexibility index (Phi) is 5.97. The van der Waals surface area contributed by atoms with Crippen LogP contribution in [0.2, 0.25) is 0 Å². The molecule has 0 unspecified atom stereocenters. The van der Waals surface area contributed by atoms with Gasteiger partial charge in [-0.25, -0.2) is 8.78 Å². The van der Waals surface area contributed by atoms with E-state index in [1.165, 1.54) is 76.3 Å². The van der Waals surface area contributed by atoms with Gasteiger partial charge in [-0.3, -0.25) is 0 Å². The highest BCUT2D eigenvalue weighted by atomic mass is 19.1. The highest BCUT2D eigenvalue weighted by molar-refractivity contribution is 5.33. The van der Waals surface area contributed by atoms with Crippen LogP contribution in [0.1, 0.15) is 109 Å². The molecule has 29 heavy (non-hydrogen) atoms. The maximum absolute atomic E-state index is 14.4. The Morgan fingerprint density at radius 3 is 1.97 bits per heavy atom. The maximum atomic E-state index is 14.4. The molecule has 0 aromatic heterocycles. The molecular weight excluding hydrogens is 366 g/mol. The van der Waals surface area contributed by atoms with Crippen LogP contribution in [-0.4, -0.2) is 6.10 Å². The third-order valence-electron chi connectivity index (χ3n) is 8.68. The molecule has 4 saturated carbocycles. The van der Waals surface area contributed by atoms with Gasteiger partial charge in [0, 0.05) is 0 Å². The summed E-state index contributed by atoms with van der Waals surface area (Å²) in [6, 6.07) is 3.04. The zero-order valence-electron chi connectivity index (χ0n) is 18.5. The van der Waals surface area contributed by atoms with Gasteiger partial charge < -0.3 is 4.74 Å². The second kappa shape index (κ2) is 8.19. The first-order valence-electron chi connectivity index (χ1n) is 12.0. The minimum Gasteiger partial charge on any atom is -0.485 e. The van der Waals surface area contributed by atoms with Crippen molar-refractivity contribution in [2.75, 3.05) is 0 Å². The fraction of sp³-hybridized carbons (Fsp3) is 0.769. The second-order valence-electron chi connectivity index (χ2n) is 10.6. The van der Waals surface area contributed by atoms with Crippen molar-refractivity contribution < 1.29 is 13.5 Å². The molecule has 0 heterocycles. The van der Waals surface area contributed by atoms with Crippen LogP contribution in [0.25, 0.3) is 0 Å². The predicted octanol–water partition coefficient (Wildman–Crippen LogP) is 8.17. The summed E-state index contributed by atoms with van der Waals surface area (Å²) in [4.78, 5) is 0. The maximum Gasteiger partial charge on any atom is 0.191 e. The van der Waals surface area contributed by atoms with E-state index in [1.54, 1.807) is 13.8 Å². The number of ether oxygens (including phenoxy) is 1. The topological polar surface area (TPSA) is 9.23 Å². The van der Waals surface area contributed by atoms with E-state index in [9.17, 15) is 8.78 Å². The monoisotopic (exact) mass is 404 g/mol. The fourth-order valence-electron chi connectivity index (χ4n) is 7.01. The van der Waals surface area contributed by atoms with Crippen molar-refractivity contribution in [3.8, 4) is 5.75 Å². The van der Waals surface area contributed by atoms with Crippen molar-refractivity contribution in [2.24, 2.45) is 16.7 Å². The van der Waals surface area contributed by atoms with E-state index < -0.39 is 11.6 Å². The molecule has 5 rings (SSSR count). The third-order valence-corrected chi connectivity index (χ3v) is 8.68. The van der Waals surface area contributed by atoms with Crippen LogP contribution in [0, 0.1) is 28.4 Å². The van der Waals surface area contributed by atoms with Crippen molar-refractivity contribution in [3.63, 3.8) is 0 Å². The molecule has 4 aliphatic carbocycles. The van der Waals surface area contributed by atoms with Gasteiger partial charge in [0.25, 0.3) is 0 Å². The predicted molar refractivity (Wildman–Crippen MR) is 114 cm³/mol. The molecule has 1 aromatic carbocycles. The molecule has 0 amide bonds. The highest BCUT2D eigenvalue weighted by Crippen LogP contribution is 2.63. The Labute approximate surface area is 175 Å². The molecule has 2 bridgehead atoms. The number of benzene rings is 1. The van der Waals surface area contributed by atoms with Crippen molar-refractivity contribution in [3.05, 3.63) is 29.3 Å². The first kappa shape index (κ1) is 21.1. The Bertz CT molecular complexity index is 670. The van der Waals surface area contributed by atoms with Gasteiger partial charge in [0.1, 0.15) is 0 Å². The summed E-state index contributed by atoms with van der Waals surface area (Å²) in [5.74, 6) is -0.234. The number of hydrogen-bond donors (Lipinski definition) is 0. The number of halogens is 2. The average molecular weight is 405 g/mol. The van der Waals surface area contributed by atoms with Gasteiger partial charge in [-0.05, 0) is 125 Å². The lowest BCUT2D eigenvalue weighted by Gasteiger charge is -2.58. The van der Waals surface area contributed by atoms with Gasteiger partial charge in [-0.2, -0.15) is 0 Å². The molecule has 0 saturated heterocycles. The van der Waals surface area contributed by atoms with E-state index in [0.29, 0.717) is 10.8 Å². The molecule has 1 aromatic rings. The van der Waals surface area contributed by atoms with Crippen molar-refractivity contribution >= 4 is 0 Å². The summed E-state index contributed by atoms with van der Waals surface area (Å²) >= 11 is 0. The van der Waals surface area contributed by atoms with Crippen LogP contribution in [0.3, 0.4) is 0 Å². The van der Waals surface area contributed by atoms with Crippen LogP contribution < -0.4 is 4.74 Å². The van der Waals surface area contributed by atoms with Crippen LogP contribution in [0.15, 0.2) is 12.1 Å². The SMILES string of the molecule is CCCC12CCC(C3CCC(c4cc(F)c(OC(C)C)c(F)c4)CC3)(CC1)CC2. The molecule has 0 N–H and O–H groups in total. The summed E-state index contributed by atoms with van der Waals surface area (Å²) in [7, 11) is 0. The van der Waals surface area contributed by atoms with E-state index in [2.05, 4.69) is 6.92 Å². The molecule has 0 radical (unpaired) electrons. The van der Waals surface area contributed by atoms with Gasteiger partial charge in [-0.15, -0.1) is 0 Å². The zero-order chi connectivity index (χ0) is 20.6. The molecule has 4 fully saturated rings. The fourth-order valence-corrected chi connectivity index (χ4v) is 7.01. The average Bonchev–Trinajstić information content (AvgIpc) is 2.72. The molecule has 1 nitrogen and oxygen atoms in total. The normalized spacial score (nSPS) is 34.6. The largest absolute Gasteiger partial charge is 0.485 e. The van der Waals surface area contributed by atoms with Crippen LogP contribution in [0.4, 0.5) is 8.78 Å².